The highest BCUT2D eigenvalue weighted by Crippen LogP contribution is 2.35. The van der Waals surface area contributed by atoms with Gasteiger partial charge in [0.2, 0.25) is 0 Å². The first-order valence-electron chi connectivity index (χ1n) is 8.47. The van der Waals surface area contributed by atoms with Crippen LogP contribution in [0.3, 0.4) is 0 Å². The topological polar surface area (TPSA) is 84.9 Å². The first-order chi connectivity index (χ1) is 13.8. The number of anilines is 1. The summed E-state index contributed by atoms with van der Waals surface area (Å²) in [6.07, 6.45) is 0.458. The average molecular weight is 480 g/mol. The van der Waals surface area contributed by atoms with Gasteiger partial charge in [-0.2, -0.15) is 0 Å². The predicted molar refractivity (Wildman–Crippen MR) is 111 cm³/mol. The van der Waals surface area contributed by atoms with Gasteiger partial charge in [-0.3, -0.25) is 15.0 Å². The molecule has 1 aliphatic heterocycles. The van der Waals surface area contributed by atoms with E-state index in [-0.39, 0.29) is 11.3 Å². The van der Waals surface area contributed by atoms with E-state index in [4.69, 9.17) is 16.3 Å². The predicted octanol–water partition coefficient (Wildman–Crippen LogP) is 3.50. The monoisotopic (exact) mass is 478 g/mol. The van der Waals surface area contributed by atoms with Crippen molar-refractivity contribution in [3.63, 3.8) is 0 Å². The van der Waals surface area contributed by atoms with E-state index in [0.29, 0.717) is 20.7 Å². The molecule has 0 radical (unpaired) electrons. The fourth-order valence-corrected chi connectivity index (χ4v) is 3.60. The van der Waals surface area contributed by atoms with Crippen molar-refractivity contribution >= 4 is 57.1 Å². The minimum absolute atomic E-state index is 0.0985. The molecule has 1 N–H and O–H groups in total. The number of esters is 1. The van der Waals surface area contributed by atoms with Crippen molar-refractivity contribution in [2.75, 3.05) is 12.1 Å². The highest BCUT2D eigenvalue weighted by molar-refractivity contribution is 9.10. The summed E-state index contributed by atoms with van der Waals surface area (Å²) < 4.78 is 10.8. The van der Waals surface area contributed by atoms with E-state index >= 15 is 0 Å². The minimum atomic E-state index is -0.913. The summed E-state index contributed by atoms with van der Waals surface area (Å²) in [4.78, 5) is 36.9. The molecule has 1 saturated heterocycles. The second-order valence-electron chi connectivity index (χ2n) is 6.06. The third-order valence-corrected chi connectivity index (χ3v) is 4.88. The zero-order valence-electron chi connectivity index (χ0n) is 15.4. The van der Waals surface area contributed by atoms with Gasteiger partial charge < -0.3 is 9.47 Å². The molecular formula is C20H16BrClN2O5. The molecule has 2 aromatic carbocycles. The Morgan fingerprint density at radius 2 is 1.93 bits per heavy atom. The summed E-state index contributed by atoms with van der Waals surface area (Å²) in [7, 11) is 1.25. The van der Waals surface area contributed by atoms with Crippen LogP contribution in [0.4, 0.5) is 5.69 Å². The van der Waals surface area contributed by atoms with Gasteiger partial charge in [0.05, 0.1) is 17.3 Å². The Morgan fingerprint density at radius 1 is 1.24 bits per heavy atom. The van der Waals surface area contributed by atoms with Crippen LogP contribution in [0.15, 0.2) is 52.5 Å². The van der Waals surface area contributed by atoms with Crippen LogP contribution >= 0.6 is 27.5 Å². The molecule has 0 aliphatic carbocycles. The summed E-state index contributed by atoms with van der Waals surface area (Å²) in [6.45, 7) is 1.52. The second kappa shape index (κ2) is 8.67. The van der Waals surface area contributed by atoms with Crippen molar-refractivity contribution in [2.24, 2.45) is 0 Å². The van der Waals surface area contributed by atoms with Gasteiger partial charge in [-0.15, -0.1) is 0 Å². The first-order valence-corrected chi connectivity index (χ1v) is 9.64. The number of hydrazine groups is 1. The molecule has 1 fully saturated rings. The minimum Gasteiger partial charge on any atom is -0.477 e. The maximum absolute atomic E-state index is 12.8. The van der Waals surface area contributed by atoms with E-state index in [2.05, 4.69) is 26.1 Å². The molecule has 2 aromatic rings. The number of para-hydroxylation sites is 1. The third kappa shape index (κ3) is 4.44. The van der Waals surface area contributed by atoms with Crippen molar-refractivity contribution in [3.8, 4) is 5.75 Å². The number of rotatable bonds is 5. The Kier molecular flexibility index (Phi) is 6.24. The van der Waals surface area contributed by atoms with Gasteiger partial charge in [0.15, 0.2) is 6.10 Å². The number of nitrogens with one attached hydrogen (secondary N) is 1. The molecule has 1 atom stereocenters. The summed E-state index contributed by atoms with van der Waals surface area (Å²) >= 11 is 9.47. The summed E-state index contributed by atoms with van der Waals surface area (Å²) in [5.74, 6) is -1.42. The number of halogens is 2. The van der Waals surface area contributed by atoms with E-state index in [1.165, 1.54) is 26.2 Å². The van der Waals surface area contributed by atoms with Crippen LogP contribution < -0.4 is 15.2 Å². The van der Waals surface area contributed by atoms with E-state index in [0.717, 1.165) is 5.01 Å². The van der Waals surface area contributed by atoms with Gasteiger partial charge in [0.25, 0.3) is 11.8 Å². The van der Waals surface area contributed by atoms with Crippen LogP contribution in [0.25, 0.3) is 6.08 Å². The lowest BCUT2D eigenvalue weighted by atomic mass is 10.1. The molecule has 2 amide bonds. The Bertz CT molecular complexity index is 1010. The number of hydrogen-bond acceptors (Lipinski definition) is 5. The molecule has 1 heterocycles. The van der Waals surface area contributed by atoms with Crippen LogP contribution in [0, 0.1) is 0 Å². The molecule has 0 saturated carbocycles. The smallest absolute Gasteiger partial charge is 0.346 e. The first kappa shape index (κ1) is 20.9. The number of benzene rings is 2. The summed E-state index contributed by atoms with van der Waals surface area (Å²) in [6, 6.07) is 11.8. The molecule has 3 rings (SSSR count). The SMILES string of the molecule is COC(=O)[C@H](C)Oc1c(Br)cc(Cl)cc1/C=C1/C(=O)NN(c2ccccc2)C1=O. The Labute approximate surface area is 180 Å². The van der Waals surface area contributed by atoms with Gasteiger partial charge >= 0.3 is 5.97 Å². The second-order valence-corrected chi connectivity index (χ2v) is 7.36. The quantitative estimate of drug-likeness (QED) is 0.403. The lowest BCUT2D eigenvalue weighted by molar-refractivity contribution is -0.148. The van der Waals surface area contributed by atoms with Gasteiger partial charge in [-0.25, -0.2) is 9.80 Å². The van der Waals surface area contributed by atoms with Crippen molar-refractivity contribution in [3.05, 3.63) is 63.1 Å². The van der Waals surface area contributed by atoms with Crippen LogP contribution in [-0.2, 0) is 19.1 Å². The van der Waals surface area contributed by atoms with Gasteiger partial charge in [-0.1, -0.05) is 29.8 Å². The Morgan fingerprint density at radius 3 is 2.59 bits per heavy atom. The van der Waals surface area contributed by atoms with Crippen LogP contribution in [0.1, 0.15) is 12.5 Å². The lowest BCUT2D eigenvalue weighted by Crippen LogP contribution is -2.35. The number of carbonyl (C=O) groups excluding carboxylic acids is 3. The fraction of sp³-hybridized carbons (Fsp3) is 0.150. The molecule has 0 bridgehead atoms. The molecule has 9 heteroatoms. The average Bonchev–Trinajstić information content (AvgIpc) is 2.98. The van der Waals surface area contributed by atoms with E-state index < -0.39 is 23.9 Å². The third-order valence-electron chi connectivity index (χ3n) is 4.07. The van der Waals surface area contributed by atoms with E-state index in [1.54, 1.807) is 36.4 Å². The molecule has 1 aliphatic rings. The number of hydrogen-bond donors (Lipinski definition) is 1. The summed E-state index contributed by atoms with van der Waals surface area (Å²) in [5, 5.41) is 1.51. The summed E-state index contributed by atoms with van der Waals surface area (Å²) in [5.41, 5.74) is 3.31. The highest BCUT2D eigenvalue weighted by Gasteiger charge is 2.34. The molecule has 29 heavy (non-hydrogen) atoms. The van der Waals surface area contributed by atoms with Crippen molar-refractivity contribution < 1.29 is 23.9 Å². The van der Waals surface area contributed by atoms with Crippen molar-refractivity contribution in [1.29, 1.82) is 0 Å². The number of nitrogens with zero attached hydrogens (tertiary/aromatic N) is 1. The molecule has 0 aromatic heterocycles. The van der Waals surface area contributed by atoms with Gasteiger partial charge in [0.1, 0.15) is 11.3 Å². The zero-order valence-corrected chi connectivity index (χ0v) is 17.8. The van der Waals surface area contributed by atoms with Gasteiger partial charge in [-0.05, 0) is 53.2 Å². The number of amides is 2. The molecule has 0 spiro atoms. The maximum atomic E-state index is 12.8. The number of ether oxygens (including phenoxy) is 2. The normalized spacial score (nSPS) is 16.0. The molecule has 7 nitrogen and oxygen atoms in total. The molecule has 150 valence electrons. The van der Waals surface area contributed by atoms with Crippen LogP contribution in [0.5, 0.6) is 5.75 Å². The number of carbonyl (C=O) groups is 3. The Balaban J connectivity index is 2.00. The lowest BCUT2D eigenvalue weighted by Gasteiger charge is -2.16. The van der Waals surface area contributed by atoms with Crippen LogP contribution in [-0.4, -0.2) is 31.0 Å². The maximum Gasteiger partial charge on any atom is 0.346 e. The zero-order chi connectivity index (χ0) is 21.1. The van der Waals surface area contributed by atoms with Crippen molar-refractivity contribution in [1.82, 2.24) is 5.43 Å². The highest BCUT2D eigenvalue weighted by atomic mass is 79.9. The molecule has 0 unspecified atom stereocenters. The van der Waals surface area contributed by atoms with Gasteiger partial charge in [0, 0.05) is 10.6 Å². The Hall–Kier alpha value is -2.84. The number of methoxy groups -OCH3 is 1. The van der Waals surface area contributed by atoms with E-state index in [9.17, 15) is 14.4 Å². The largest absolute Gasteiger partial charge is 0.477 e. The molecular weight excluding hydrogens is 464 g/mol. The fourth-order valence-electron chi connectivity index (χ4n) is 2.67. The van der Waals surface area contributed by atoms with E-state index in [1.807, 2.05) is 0 Å². The standard InChI is InChI=1S/C20H16BrClN2O5/c1-11(20(27)28-2)29-17-12(8-13(22)10-16(17)21)9-15-18(25)23-24(19(15)26)14-6-4-3-5-7-14/h3-11H,1-2H3,(H,23,25)/b15-9-/t11-/m0/s1. The van der Waals surface area contributed by atoms with Crippen LogP contribution in [0.2, 0.25) is 5.02 Å². The van der Waals surface area contributed by atoms with Crippen molar-refractivity contribution in [2.45, 2.75) is 13.0 Å².